The molecule has 5 nitrogen and oxygen atoms in total. The van der Waals surface area contributed by atoms with Gasteiger partial charge in [0.1, 0.15) is 6.67 Å². The monoisotopic (exact) mass is 233 g/mol. The zero-order chi connectivity index (χ0) is 12.0. The lowest BCUT2D eigenvalue weighted by molar-refractivity contribution is 0.157. The number of alkyl halides is 1. The fourth-order valence-corrected chi connectivity index (χ4v) is 1.84. The number of aliphatic hydroxyl groups excluding tert-OH is 1. The van der Waals surface area contributed by atoms with Gasteiger partial charge in [-0.05, 0) is 19.3 Å². The molecule has 0 saturated carbocycles. The van der Waals surface area contributed by atoms with Crippen molar-refractivity contribution >= 4 is 6.03 Å². The van der Waals surface area contributed by atoms with E-state index in [1.165, 1.54) is 0 Å². The zero-order valence-corrected chi connectivity index (χ0v) is 9.36. The van der Waals surface area contributed by atoms with Gasteiger partial charge in [-0.2, -0.15) is 0 Å². The molecule has 1 rings (SSSR count). The molecule has 0 aromatic rings. The Labute approximate surface area is 94.8 Å². The number of urea groups is 1. The van der Waals surface area contributed by atoms with Crippen LogP contribution in [-0.4, -0.2) is 54.5 Å². The Morgan fingerprint density at radius 3 is 3.06 bits per heavy atom. The van der Waals surface area contributed by atoms with Crippen LogP contribution in [0.2, 0.25) is 0 Å². The topological polar surface area (TPSA) is 78.6 Å². The number of hydrogen-bond donors (Lipinski definition) is 3. The molecule has 2 amide bonds. The number of carbonyl (C=O) groups excluding carboxylic acids is 1. The minimum atomic E-state index is -0.571. The Kier molecular flexibility index (Phi) is 5.48. The molecule has 94 valence electrons. The number of aliphatic hydroxyl groups is 1. The summed E-state index contributed by atoms with van der Waals surface area (Å²) < 4.78 is 12.0. The predicted molar refractivity (Wildman–Crippen MR) is 58.8 cm³/mol. The molecule has 0 bridgehead atoms. The minimum Gasteiger partial charge on any atom is -0.394 e. The quantitative estimate of drug-likeness (QED) is 0.617. The van der Waals surface area contributed by atoms with Gasteiger partial charge >= 0.3 is 6.03 Å². The van der Waals surface area contributed by atoms with Crippen molar-refractivity contribution in [3.8, 4) is 0 Å². The second-order valence-corrected chi connectivity index (χ2v) is 4.11. The third-order valence-electron chi connectivity index (χ3n) is 2.84. The van der Waals surface area contributed by atoms with Crippen molar-refractivity contribution in [2.24, 2.45) is 5.73 Å². The van der Waals surface area contributed by atoms with Crippen LogP contribution in [0.1, 0.15) is 19.3 Å². The molecule has 4 N–H and O–H groups in total. The molecule has 6 heteroatoms. The number of nitrogens with one attached hydrogen (secondary N) is 1. The van der Waals surface area contributed by atoms with E-state index in [9.17, 15) is 9.18 Å². The first-order valence-electron chi connectivity index (χ1n) is 5.66. The number of likely N-dealkylation sites (tertiary alicyclic amines) is 1. The average Bonchev–Trinajstić information content (AvgIpc) is 2.76. The first-order valence-corrected chi connectivity index (χ1v) is 5.66. The third kappa shape index (κ3) is 3.61. The molecular weight excluding hydrogens is 213 g/mol. The minimum absolute atomic E-state index is 0.00257. The van der Waals surface area contributed by atoms with Gasteiger partial charge in [0.15, 0.2) is 0 Å². The average molecular weight is 233 g/mol. The summed E-state index contributed by atoms with van der Waals surface area (Å²) >= 11 is 0. The second-order valence-electron chi connectivity index (χ2n) is 4.11. The van der Waals surface area contributed by atoms with E-state index in [0.29, 0.717) is 19.5 Å². The summed E-state index contributed by atoms with van der Waals surface area (Å²) in [6.45, 7) is 0.473. The van der Waals surface area contributed by atoms with Gasteiger partial charge in [-0.3, -0.25) is 0 Å². The Balaban J connectivity index is 2.24. The lowest BCUT2D eigenvalue weighted by Gasteiger charge is -2.23. The van der Waals surface area contributed by atoms with Gasteiger partial charge in [0, 0.05) is 19.1 Å². The summed E-state index contributed by atoms with van der Waals surface area (Å²) in [5, 5.41) is 11.7. The van der Waals surface area contributed by atoms with E-state index in [1.807, 2.05) is 0 Å². The summed E-state index contributed by atoms with van der Waals surface area (Å²) in [5.41, 5.74) is 5.39. The molecule has 0 radical (unpaired) electrons. The Hall–Kier alpha value is -0.880. The van der Waals surface area contributed by atoms with E-state index >= 15 is 0 Å². The smallest absolute Gasteiger partial charge is 0.317 e. The molecule has 0 aromatic heterocycles. The van der Waals surface area contributed by atoms with Crippen LogP contribution in [0.4, 0.5) is 9.18 Å². The largest absolute Gasteiger partial charge is 0.394 e. The molecule has 1 fully saturated rings. The molecule has 1 aliphatic rings. The van der Waals surface area contributed by atoms with Crippen molar-refractivity contribution in [3.63, 3.8) is 0 Å². The predicted octanol–water partition coefficient (Wildman–Crippen LogP) is -0.160. The lowest BCUT2D eigenvalue weighted by Crippen LogP contribution is -2.45. The molecule has 2 atom stereocenters. The van der Waals surface area contributed by atoms with Crippen molar-refractivity contribution in [1.29, 1.82) is 0 Å². The summed E-state index contributed by atoms with van der Waals surface area (Å²) in [6.07, 6.45) is 2.19. The summed E-state index contributed by atoms with van der Waals surface area (Å²) in [7, 11) is 0. The van der Waals surface area contributed by atoms with Gasteiger partial charge in [0.25, 0.3) is 0 Å². The van der Waals surface area contributed by atoms with Crippen LogP contribution in [0, 0.1) is 0 Å². The Morgan fingerprint density at radius 1 is 1.69 bits per heavy atom. The van der Waals surface area contributed by atoms with Crippen molar-refractivity contribution in [3.05, 3.63) is 0 Å². The van der Waals surface area contributed by atoms with Crippen LogP contribution in [0.3, 0.4) is 0 Å². The Morgan fingerprint density at radius 2 is 2.44 bits per heavy atom. The SMILES string of the molecule is N[C@@H](CF)CCNC(=O)N1CCC[C@@H]1CO. The summed E-state index contributed by atoms with van der Waals surface area (Å²) in [6, 6.07) is -0.773. The van der Waals surface area contributed by atoms with Crippen molar-refractivity contribution in [1.82, 2.24) is 10.2 Å². The zero-order valence-electron chi connectivity index (χ0n) is 9.36. The standard InChI is InChI=1S/C10H20FN3O2/c11-6-8(12)3-4-13-10(16)14-5-1-2-9(14)7-15/h8-9,15H,1-7,12H2,(H,13,16)/t8-,9-/m1/s1. The molecule has 0 unspecified atom stereocenters. The van der Waals surface area contributed by atoms with Crippen LogP contribution in [0.15, 0.2) is 0 Å². The highest BCUT2D eigenvalue weighted by molar-refractivity contribution is 5.74. The van der Waals surface area contributed by atoms with E-state index in [4.69, 9.17) is 10.8 Å². The molecule has 0 aromatic carbocycles. The number of carbonyl (C=O) groups is 1. The van der Waals surface area contributed by atoms with E-state index in [1.54, 1.807) is 4.90 Å². The maximum Gasteiger partial charge on any atom is 0.317 e. The summed E-state index contributed by atoms with van der Waals surface area (Å²) in [4.78, 5) is 13.3. The number of nitrogens with zero attached hydrogens (tertiary/aromatic N) is 1. The number of amides is 2. The second kappa shape index (κ2) is 6.65. The normalized spacial score (nSPS) is 22.2. The van der Waals surface area contributed by atoms with Crippen LogP contribution in [0.25, 0.3) is 0 Å². The van der Waals surface area contributed by atoms with E-state index in [2.05, 4.69) is 5.32 Å². The molecule has 0 spiro atoms. The third-order valence-corrected chi connectivity index (χ3v) is 2.84. The fourth-order valence-electron chi connectivity index (χ4n) is 1.84. The van der Waals surface area contributed by atoms with Crippen LogP contribution >= 0.6 is 0 Å². The molecule has 16 heavy (non-hydrogen) atoms. The van der Waals surface area contributed by atoms with E-state index in [-0.39, 0.29) is 18.7 Å². The van der Waals surface area contributed by atoms with Crippen LogP contribution in [-0.2, 0) is 0 Å². The van der Waals surface area contributed by atoms with Crippen LogP contribution < -0.4 is 11.1 Å². The molecule has 1 saturated heterocycles. The number of rotatable bonds is 5. The van der Waals surface area contributed by atoms with Gasteiger partial charge in [0.2, 0.25) is 0 Å². The summed E-state index contributed by atoms with van der Waals surface area (Å²) in [5.74, 6) is 0. The van der Waals surface area contributed by atoms with E-state index < -0.39 is 12.7 Å². The molecular formula is C10H20FN3O2. The van der Waals surface area contributed by atoms with Gasteiger partial charge in [0.05, 0.1) is 12.6 Å². The van der Waals surface area contributed by atoms with Crippen molar-refractivity contribution < 1.29 is 14.3 Å². The van der Waals surface area contributed by atoms with Crippen molar-refractivity contribution in [2.45, 2.75) is 31.3 Å². The Bertz CT molecular complexity index is 228. The lowest BCUT2D eigenvalue weighted by atomic mass is 10.2. The number of nitrogens with two attached hydrogens (primary N) is 1. The van der Waals surface area contributed by atoms with Gasteiger partial charge in [-0.15, -0.1) is 0 Å². The molecule has 1 heterocycles. The fraction of sp³-hybridized carbons (Fsp3) is 0.900. The maximum absolute atomic E-state index is 12.0. The van der Waals surface area contributed by atoms with Gasteiger partial charge in [-0.25, -0.2) is 9.18 Å². The first-order chi connectivity index (χ1) is 7.69. The highest BCUT2D eigenvalue weighted by atomic mass is 19.1. The van der Waals surface area contributed by atoms with Gasteiger partial charge < -0.3 is 21.1 Å². The molecule has 1 aliphatic heterocycles. The van der Waals surface area contributed by atoms with E-state index in [0.717, 1.165) is 12.8 Å². The van der Waals surface area contributed by atoms with Crippen molar-refractivity contribution in [2.75, 3.05) is 26.4 Å². The van der Waals surface area contributed by atoms with Gasteiger partial charge in [-0.1, -0.05) is 0 Å². The first kappa shape index (κ1) is 13.2. The highest BCUT2D eigenvalue weighted by Gasteiger charge is 2.27. The number of halogens is 1. The highest BCUT2D eigenvalue weighted by Crippen LogP contribution is 2.16. The molecule has 0 aliphatic carbocycles. The number of hydrogen-bond acceptors (Lipinski definition) is 3. The maximum atomic E-state index is 12.0. The van der Waals surface area contributed by atoms with Crippen LogP contribution in [0.5, 0.6) is 0 Å².